The number of nitrogens with zero attached hydrogens (tertiary/aromatic N) is 4. The number of rotatable bonds is 2. The maximum Gasteiger partial charge on any atom is 0.220 e. The Morgan fingerprint density at radius 1 is 1.25 bits per heavy atom. The van der Waals surface area contributed by atoms with Crippen molar-refractivity contribution in [1.82, 2.24) is 19.9 Å². The minimum atomic E-state index is 0.0676. The van der Waals surface area contributed by atoms with E-state index in [0.29, 0.717) is 5.82 Å². The molecule has 5 nitrogen and oxygen atoms in total. The molecule has 1 aliphatic rings. The normalized spacial score (nSPS) is 18.2. The molecule has 0 aromatic carbocycles. The van der Waals surface area contributed by atoms with Gasteiger partial charge < -0.3 is 4.90 Å². The van der Waals surface area contributed by atoms with Crippen LogP contribution >= 0.6 is 0 Å². The molecular formula is C15H16N4O. The van der Waals surface area contributed by atoms with Crippen LogP contribution in [0.4, 0.5) is 0 Å². The smallest absolute Gasteiger partial charge is 0.220 e. The summed E-state index contributed by atoms with van der Waals surface area (Å²) in [5, 5.41) is 0. The van der Waals surface area contributed by atoms with Crippen LogP contribution in [0.25, 0.3) is 11.5 Å². The Morgan fingerprint density at radius 3 is 2.90 bits per heavy atom. The van der Waals surface area contributed by atoms with Crippen molar-refractivity contribution < 1.29 is 4.79 Å². The summed E-state index contributed by atoms with van der Waals surface area (Å²) >= 11 is 0. The minimum Gasteiger partial charge on any atom is -0.334 e. The van der Waals surface area contributed by atoms with E-state index in [-0.39, 0.29) is 11.9 Å². The highest BCUT2D eigenvalue weighted by Crippen LogP contribution is 2.31. The van der Waals surface area contributed by atoms with Crippen LogP contribution in [0.3, 0.4) is 0 Å². The van der Waals surface area contributed by atoms with Gasteiger partial charge in [0.25, 0.3) is 0 Å². The first-order valence-electron chi connectivity index (χ1n) is 6.77. The molecule has 0 N–H and O–H groups in total. The van der Waals surface area contributed by atoms with Gasteiger partial charge in [0, 0.05) is 25.9 Å². The van der Waals surface area contributed by atoms with Gasteiger partial charge in [-0.1, -0.05) is 6.07 Å². The van der Waals surface area contributed by atoms with E-state index in [1.165, 1.54) is 0 Å². The molecule has 2 aromatic heterocycles. The van der Waals surface area contributed by atoms with E-state index in [1.54, 1.807) is 19.3 Å². The molecule has 20 heavy (non-hydrogen) atoms. The van der Waals surface area contributed by atoms with Gasteiger partial charge >= 0.3 is 0 Å². The van der Waals surface area contributed by atoms with Crippen molar-refractivity contribution in [2.45, 2.75) is 25.8 Å². The van der Waals surface area contributed by atoms with Crippen LogP contribution in [-0.4, -0.2) is 32.3 Å². The maximum absolute atomic E-state index is 11.7. The van der Waals surface area contributed by atoms with Gasteiger partial charge in [-0.2, -0.15) is 0 Å². The number of likely N-dealkylation sites (tertiary alicyclic amines) is 1. The van der Waals surface area contributed by atoms with E-state index >= 15 is 0 Å². The molecule has 1 amide bonds. The van der Waals surface area contributed by atoms with E-state index in [1.807, 2.05) is 29.2 Å². The van der Waals surface area contributed by atoms with Crippen LogP contribution in [0.5, 0.6) is 0 Å². The summed E-state index contributed by atoms with van der Waals surface area (Å²) in [6.07, 6.45) is 5.44. The molecule has 0 aliphatic carbocycles. The lowest BCUT2D eigenvalue weighted by atomic mass is 10.1. The predicted octanol–water partition coefficient (Wildman–Crippen LogP) is 2.22. The topological polar surface area (TPSA) is 59.0 Å². The number of aromatic nitrogens is 3. The Morgan fingerprint density at radius 2 is 2.15 bits per heavy atom. The third-order valence-electron chi connectivity index (χ3n) is 3.57. The third kappa shape index (κ3) is 2.39. The van der Waals surface area contributed by atoms with Gasteiger partial charge in [0.2, 0.25) is 5.91 Å². The first-order chi connectivity index (χ1) is 9.75. The quantitative estimate of drug-likeness (QED) is 0.838. The Balaban J connectivity index is 1.94. The van der Waals surface area contributed by atoms with Gasteiger partial charge in [-0.05, 0) is 31.0 Å². The van der Waals surface area contributed by atoms with Crippen molar-refractivity contribution >= 4 is 5.91 Å². The summed E-state index contributed by atoms with van der Waals surface area (Å²) < 4.78 is 0. The molecule has 0 unspecified atom stereocenters. The van der Waals surface area contributed by atoms with Crippen molar-refractivity contribution in [3.8, 4) is 11.5 Å². The lowest BCUT2D eigenvalue weighted by Gasteiger charge is -2.22. The number of carbonyl (C=O) groups is 1. The fourth-order valence-electron chi connectivity index (χ4n) is 2.63. The Labute approximate surface area is 117 Å². The van der Waals surface area contributed by atoms with Crippen molar-refractivity contribution in [3.05, 3.63) is 42.4 Å². The average molecular weight is 268 g/mol. The van der Waals surface area contributed by atoms with Gasteiger partial charge in [0.15, 0.2) is 5.82 Å². The van der Waals surface area contributed by atoms with E-state index in [0.717, 1.165) is 30.8 Å². The zero-order chi connectivity index (χ0) is 13.9. The fourth-order valence-corrected chi connectivity index (χ4v) is 2.63. The summed E-state index contributed by atoms with van der Waals surface area (Å²) in [7, 11) is 0. The fraction of sp³-hybridized carbons (Fsp3) is 0.333. The molecule has 1 atom stereocenters. The second-order valence-electron chi connectivity index (χ2n) is 4.89. The average Bonchev–Trinajstić information content (AvgIpc) is 2.98. The van der Waals surface area contributed by atoms with Gasteiger partial charge in [0.05, 0.1) is 11.7 Å². The second kappa shape index (κ2) is 5.36. The number of pyridine rings is 1. The zero-order valence-electron chi connectivity index (χ0n) is 11.4. The minimum absolute atomic E-state index is 0.0676. The zero-order valence-corrected chi connectivity index (χ0v) is 11.4. The lowest BCUT2D eigenvalue weighted by molar-refractivity contribution is -0.129. The number of amides is 1. The summed E-state index contributed by atoms with van der Waals surface area (Å²) in [4.78, 5) is 26.7. The first-order valence-corrected chi connectivity index (χ1v) is 6.77. The van der Waals surface area contributed by atoms with Gasteiger partial charge in [-0.15, -0.1) is 0 Å². The van der Waals surface area contributed by atoms with E-state index in [4.69, 9.17) is 0 Å². The molecule has 0 radical (unpaired) electrons. The summed E-state index contributed by atoms with van der Waals surface area (Å²) in [6.45, 7) is 2.42. The molecule has 5 heteroatoms. The summed E-state index contributed by atoms with van der Waals surface area (Å²) in [5.41, 5.74) is 1.65. The van der Waals surface area contributed by atoms with Crippen LogP contribution < -0.4 is 0 Å². The summed E-state index contributed by atoms with van der Waals surface area (Å²) in [5.74, 6) is 0.712. The molecule has 0 bridgehead atoms. The molecular weight excluding hydrogens is 252 g/mol. The highest BCUT2D eigenvalue weighted by Gasteiger charge is 2.29. The van der Waals surface area contributed by atoms with Crippen LogP contribution in [0.2, 0.25) is 0 Å². The number of carbonyl (C=O) groups excluding carboxylic acids is 1. The Hall–Kier alpha value is -2.30. The predicted molar refractivity (Wildman–Crippen MR) is 74.6 cm³/mol. The van der Waals surface area contributed by atoms with Gasteiger partial charge in [-0.3, -0.25) is 9.78 Å². The van der Waals surface area contributed by atoms with Gasteiger partial charge in [-0.25, -0.2) is 9.97 Å². The standard InChI is InChI=1S/C15H16N4O/c1-11(20)19-10-4-6-14(19)12-7-9-17-15(18-12)13-5-2-3-8-16-13/h2-3,5,7-9,14H,4,6,10H2,1H3/t14-/m1/s1. The van der Waals surface area contributed by atoms with Gasteiger partial charge in [0.1, 0.15) is 5.69 Å². The van der Waals surface area contributed by atoms with Crippen LogP contribution in [0.15, 0.2) is 36.7 Å². The third-order valence-corrected chi connectivity index (χ3v) is 3.57. The Bertz CT molecular complexity index is 614. The van der Waals surface area contributed by atoms with E-state index in [2.05, 4.69) is 15.0 Å². The molecule has 0 saturated carbocycles. The molecule has 1 saturated heterocycles. The molecule has 1 fully saturated rings. The Kier molecular flexibility index (Phi) is 3.41. The molecule has 2 aromatic rings. The van der Waals surface area contributed by atoms with Crippen molar-refractivity contribution in [2.75, 3.05) is 6.54 Å². The highest BCUT2D eigenvalue weighted by atomic mass is 16.2. The molecule has 3 heterocycles. The number of hydrogen-bond acceptors (Lipinski definition) is 4. The monoisotopic (exact) mass is 268 g/mol. The van der Waals surface area contributed by atoms with Crippen LogP contribution in [0.1, 0.15) is 31.5 Å². The molecule has 102 valence electrons. The first kappa shape index (κ1) is 12.7. The lowest BCUT2D eigenvalue weighted by Crippen LogP contribution is -2.28. The van der Waals surface area contributed by atoms with Crippen LogP contribution in [0, 0.1) is 0 Å². The second-order valence-corrected chi connectivity index (χ2v) is 4.89. The highest BCUT2D eigenvalue weighted by molar-refractivity contribution is 5.74. The number of hydrogen-bond donors (Lipinski definition) is 0. The van der Waals surface area contributed by atoms with E-state index in [9.17, 15) is 4.79 Å². The molecule has 3 rings (SSSR count). The molecule has 0 spiro atoms. The van der Waals surface area contributed by atoms with Crippen LogP contribution in [-0.2, 0) is 4.79 Å². The molecule has 1 aliphatic heterocycles. The van der Waals surface area contributed by atoms with E-state index < -0.39 is 0 Å². The van der Waals surface area contributed by atoms with Crippen molar-refractivity contribution in [2.24, 2.45) is 0 Å². The van der Waals surface area contributed by atoms with Crippen molar-refractivity contribution in [1.29, 1.82) is 0 Å². The SMILES string of the molecule is CC(=O)N1CCC[C@@H]1c1ccnc(-c2ccccn2)n1. The van der Waals surface area contributed by atoms with Crippen molar-refractivity contribution in [3.63, 3.8) is 0 Å². The largest absolute Gasteiger partial charge is 0.334 e. The maximum atomic E-state index is 11.7. The summed E-state index contributed by atoms with van der Waals surface area (Å²) in [6, 6.07) is 7.62.